The molecule has 0 radical (unpaired) electrons. The van der Waals surface area contributed by atoms with Crippen molar-refractivity contribution in [2.24, 2.45) is 0 Å². The van der Waals surface area contributed by atoms with Crippen LogP contribution in [0.2, 0.25) is 5.02 Å². The third-order valence-corrected chi connectivity index (χ3v) is 6.29. The van der Waals surface area contributed by atoms with Crippen LogP contribution in [-0.2, 0) is 4.79 Å². The van der Waals surface area contributed by atoms with Gasteiger partial charge in [0, 0.05) is 22.9 Å². The second-order valence-electron chi connectivity index (χ2n) is 7.07. The van der Waals surface area contributed by atoms with Crippen LogP contribution < -0.4 is 10.9 Å². The fourth-order valence-electron chi connectivity index (χ4n) is 3.57. The minimum Gasteiger partial charge on any atom is -0.326 e. The van der Waals surface area contributed by atoms with Gasteiger partial charge in [0.2, 0.25) is 5.91 Å². The van der Waals surface area contributed by atoms with Gasteiger partial charge in [-0.2, -0.15) is 5.10 Å². The molecule has 1 atom stereocenters. The molecule has 0 spiro atoms. The van der Waals surface area contributed by atoms with Gasteiger partial charge in [0.05, 0.1) is 17.9 Å². The molecule has 0 saturated carbocycles. The minimum atomic E-state index is -0.431. The summed E-state index contributed by atoms with van der Waals surface area (Å²) in [6.45, 7) is 0. The first-order chi connectivity index (χ1) is 15.0. The third-order valence-electron chi connectivity index (χ3n) is 4.95. The van der Waals surface area contributed by atoms with Crippen molar-refractivity contribution in [2.45, 2.75) is 17.6 Å². The summed E-state index contributed by atoms with van der Waals surface area (Å²) in [5.74, 6) is -0.194. The summed E-state index contributed by atoms with van der Waals surface area (Å²) in [5.41, 5.74) is 1.27. The van der Waals surface area contributed by atoms with Crippen LogP contribution in [0.25, 0.3) is 16.7 Å². The van der Waals surface area contributed by atoms with Crippen LogP contribution in [0.15, 0.2) is 64.7 Å². The molecule has 2 aromatic heterocycles. The molecule has 1 N–H and O–H groups in total. The topological polar surface area (TPSA) is 81.8 Å². The highest BCUT2D eigenvalue weighted by Gasteiger charge is 2.29. The van der Waals surface area contributed by atoms with Crippen LogP contribution in [0.3, 0.4) is 0 Å². The van der Waals surface area contributed by atoms with Crippen molar-refractivity contribution in [1.82, 2.24) is 19.3 Å². The monoisotopic (exact) mass is 455 g/mol. The van der Waals surface area contributed by atoms with Crippen molar-refractivity contribution in [3.05, 3.63) is 75.9 Å². The Labute approximate surface area is 184 Å². The Hall–Kier alpha value is -3.17. The summed E-state index contributed by atoms with van der Waals surface area (Å²) in [4.78, 5) is 30.3. The van der Waals surface area contributed by atoms with Gasteiger partial charge >= 0.3 is 0 Å². The van der Waals surface area contributed by atoms with Crippen molar-refractivity contribution in [2.75, 3.05) is 11.1 Å². The summed E-state index contributed by atoms with van der Waals surface area (Å²) < 4.78 is 16.5. The minimum absolute atomic E-state index is 0.0754. The smallest absolute Gasteiger partial charge is 0.265 e. The molecule has 0 saturated heterocycles. The molecular weight excluding hydrogens is 441 g/mol. The number of carbonyl (C=O) groups excluding carboxylic acids is 1. The van der Waals surface area contributed by atoms with E-state index < -0.39 is 5.82 Å². The summed E-state index contributed by atoms with van der Waals surface area (Å²) in [6.07, 6.45) is 1.55. The van der Waals surface area contributed by atoms with E-state index in [0.717, 1.165) is 0 Å². The number of rotatable bonds is 4. The molecule has 1 amide bonds. The number of nitrogens with zero attached hydrogens (tertiary/aromatic N) is 4. The number of anilines is 1. The maximum atomic E-state index is 13.3. The third kappa shape index (κ3) is 3.70. The molecule has 7 nitrogen and oxygen atoms in total. The van der Waals surface area contributed by atoms with Gasteiger partial charge in [0.1, 0.15) is 11.2 Å². The van der Waals surface area contributed by atoms with E-state index >= 15 is 0 Å². The van der Waals surface area contributed by atoms with E-state index in [9.17, 15) is 14.0 Å². The summed E-state index contributed by atoms with van der Waals surface area (Å²) >= 11 is 7.49. The van der Waals surface area contributed by atoms with E-state index in [1.54, 1.807) is 33.5 Å². The van der Waals surface area contributed by atoms with Crippen molar-refractivity contribution in [3.8, 4) is 5.69 Å². The molecule has 156 valence electrons. The normalized spacial score (nSPS) is 15.2. The average molecular weight is 456 g/mol. The van der Waals surface area contributed by atoms with Gasteiger partial charge in [0.25, 0.3) is 5.56 Å². The first-order valence-electron chi connectivity index (χ1n) is 9.44. The highest BCUT2D eigenvalue weighted by molar-refractivity contribution is 7.99. The fraction of sp³-hybridized carbons (Fsp3) is 0.143. The number of amides is 1. The van der Waals surface area contributed by atoms with Crippen molar-refractivity contribution in [3.63, 3.8) is 0 Å². The Bertz CT molecular complexity index is 1390. The Morgan fingerprint density at radius 1 is 1.26 bits per heavy atom. The van der Waals surface area contributed by atoms with E-state index in [1.165, 1.54) is 36.2 Å². The van der Waals surface area contributed by atoms with Gasteiger partial charge in [-0.15, -0.1) is 0 Å². The molecular formula is C21H15ClFN5O2S. The predicted molar refractivity (Wildman–Crippen MR) is 118 cm³/mol. The zero-order valence-corrected chi connectivity index (χ0v) is 17.5. The Morgan fingerprint density at radius 3 is 2.90 bits per heavy atom. The lowest BCUT2D eigenvalue weighted by molar-refractivity contribution is -0.116. The lowest BCUT2D eigenvalue weighted by Gasteiger charge is -2.13. The molecule has 1 unspecified atom stereocenters. The molecule has 4 aromatic rings. The number of nitrogens with one attached hydrogen (secondary N) is 1. The molecule has 10 heteroatoms. The number of benzene rings is 2. The lowest BCUT2D eigenvalue weighted by Crippen LogP contribution is -2.27. The highest BCUT2D eigenvalue weighted by atomic mass is 35.5. The average Bonchev–Trinajstić information content (AvgIpc) is 3.33. The van der Waals surface area contributed by atoms with Gasteiger partial charge in [-0.3, -0.25) is 14.2 Å². The molecule has 3 heterocycles. The van der Waals surface area contributed by atoms with Gasteiger partial charge in [-0.05, 0) is 36.4 Å². The van der Waals surface area contributed by atoms with Crippen LogP contribution in [0.5, 0.6) is 0 Å². The second kappa shape index (κ2) is 7.82. The standard InChI is InChI=1S/C21H15ClFN5O2S/c22-12-3-1-6-15(7-12)28-19-17(10-24-28)20(30)27-16(11-31-21(27)26-19)9-18(29)25-14-5-2-4-13(23)8-14/h1-8,10,16H,9,11H2,(H,25,29). The number of halogens is 2. The number of hydrogen-bond acceptors (Lipinski definition) is 5. The zero-order valence-electron chi connectivity index (χ0n) is 16.0. The molecule has 2 aromatic carbocycles. The van der Waals surface area contributed by atoms with Crippen LogP contribution >= 0.6 is 23.4 Å². The maximum Gasteiger partial charge on any atom is 0.265 e. The highest BCUT2D eigenvalue weighted by Crippen LogP contribution is 2.33. The fourth-order valence-corrected chi connectivity index (χ4v) is 4.88. The van der Waals surface area contributed by atoms with Crippen molar-refractivity contribution < 1.29 is 9.18 Å². The van der Waals surface area contributed by atoms with E-state index in [1.807, 2.05) is 6.07 Å². The molecule has 31 heavy (non-hydrogen) atoms. The largest absolute Gasteiger partial charge is 0.326 e. The maximum absolute atomic E-state index is 13.3. The molecule has 5 rings (SSSR count). The summed E-state index contributed by atoms with van der Waals surface area (Å²) in [7, 11) is 0. The Morgan fingerprint density at radius 2 is 2.10 bits per heavy atom. The number of thioether (sulfide) groups is 1. The summed E-state index contributed by atoms with van der Waals surface area (Å²) in [6, 6.07) is 12.5. The first-order valence-corrected chi connectivity index (χ1v) is 10.8. The lowest BCUT2D eigenvalue weighted by atomic mass is 10.2. The quantitative estimate of drug-likeness (QED) is 0.469. The van der Waals surface area contributed by atoms with Crippen molar-refractivity contribution >= 4 is 46.0 Å². The molecule has 1 aliphatic rings. The number of hydrogen-bond donors (Lipinski definition) is 1. The molecule has 0 bridgehead atoms. The second-order valence-corrected chi connectivity index (χ2v) is 8.49. The van der Waals surface area contributed by atoms with Gasteiger partial charge < -0.3 is 5.32 Å². The van der Waals surface area contributed by atoms with Crippen LogP contribution in [0.4, 0.5) is 10.1 Å². The first kappa shape index (κ1) is 19.8. The number of carbonyl (C=O) groups is 1. The van der Waals surface area contributed by atoms with Gasteiger partial charge in [-0.25, -0.2) is 14.1 Å². The number of aromatic nitrogens is 4. The zero-order chi connectivity index (χ0) is 21.5. The number of fused-ring (bicyclic) bond motifs is 2. The molecule has 0 aliphatic carbocycles. The van der Waals surface area contributed by atoms with Crippen LogP contribution in [-0.4, -0.2) is 31.0 Å². The van der Waals surface area contributed by atoms with Gasteiger partial charge in [-0.1, -0.05) is 35.5 Å². The Kier molecular flexibility index (Phi) is 4.99. The van der Waals surface area contributed by atoms with Gasteiger partial charge in [0.15, 0.2) is 10.8 Å². The molecule has 0 fully saturated rings. The van der Waals surface area contributed by atoms with Crippen LogP contribution in [0.1, 0.15) is 12.5 Å². The van der Waals surface area contributed by atoms with Crippen molar-refractivity contribution in [1.29, 1.82) is 0 Å². The SMILES string of the molecule is O=C(CC1CSc2nc3c(cnn3-c3cccc(Cl)c3)c(=O)n21)Nc1cccc(F)c1. The predicted octanol–water partition coefficient (Wildman–Crippen LogP) is 4.05. The van der Waals surface area contributed by atoms with E-state index in [0.29, 0.717) is 38.3 Å². The van der Waals surface area contributed by atoms with E-state index in [4.69, 9.17) is 11.6 Å². The molecule has 1 aliphatic heterocycles. The van der Waals surface area contributed by atoms with E-state index in [2.05, 4.69) is 15.4 Å². The summed E-state index contributed by atoms with van der Waals surface area (Å²) in [5, 5.41) is 8.44. The van der Waals surface area contributed by atoms with Crippen LogP contribution in [0, 0.1) is 5.82 Å². The van der Waals surface area contributed by atoms with E-state index in [-0.39, 0.29) is 23.9 Å². The Balaban J connectivity index is 1.45.